The monoisotopic (exact) mass is 494 g/mol. The normalized spacial score (nSPS) is 19.6. The summed E-state index contributed by atoms with van der Waals surface area (Å²) in [6.07, 6.45) is 4.75. The van der Waals surface area contributed by atoms with Crippen molar-refractivity contribution in [2.75, 3.05) is 50.9 Å². The fourth-order valence-electron chi connectivity index (χ4n) is 4.88. The van der Waals surface area contributed by atoms with Crippen LogP contribution in [0.25, 0.3) is 11.1 Å². The van der Waals surface area contributed by atoms with Gasteiger partial charge in [-0.1, -0.05) is 17.4 Å². The Morgan fingerprint density at radius 2 is 1.97 bits per heavy atom. The van der Waals surface area contributed by atoms with Gasteiger partial charge in [0.25, 0.3) is 5.91 Å². The number of thiazole rings is 1. The van der Waals surface area contributed by atoms with Gasteiger partial charge in [-0.05, 0) is 31.5 Å². The fourth-order valence-corrected chi connectivity index (χ4v) is 5.90. The molecule has 2 aromatic heterocycles. The predicted octanol–water partition coefficient (Wildman–Crippen LogP) is 2.93. The van der Waals surface area contributed by atoms with E-state index in [1.54, 1.807) is 0 Å². The molecule has 1 amide bonds. The van der Waals surface area contributed by atoms with Gasteiger partial charge in [-0.25, -0.2) is 4.98 Å². The lowest BCUT2D eigenvalue weighted by Crippen LogP contribution is -2.48. The maximum absolute atomic E-state index is 12.6. The number of carbonyl (C=O) groups excluding carboxylic acids is 1. The summed E-state index contributed by atoms with van der Waals surface area (Å²) < 4.78 is 13.4. The number of carbonyl (C=O) groups is 1. The Bertz CT molecular complexity index is 1250. The van der Waals surface area contributed by atoms with Crippen LogP contribution in [0.3, 0.4) is 0 Å². The molecule has 0 unspecified atom stereocenters. The Morgan fingerprint density at radius 1 is 1.11 bits per heavy atom. The highest BCUT2D eigenvalue weighted by atomic mass is 32.1. The Morgan fingerprint density at radius 3 is 2.83 bits per heavy atom. The highest BCUT2D eigenvalue weighted by Crippen LogP contribution is 2.42. The zero-order valence-corrected chi connectivity index (χ0v) is 20.9. The van der Waals surface area contributed by atoms with Gasteiger partial charge in [-0.2, -0.15) is 5.10 Å². The van der Waals surface area contributed by atoms with E-state index in [4.69, 9.17) is 14.5 Å². The molecule has 0 aliphatic carbocycles. The van der Waals surface area contributed by atoms with Crippen molar-refractivity contribution in [2.45, 2.75) is 32.4 Å². The Hall–Kier alpha value is -2.95. The summed E-state index contributed by atoms with van der Waals surface area (Å²) >= 11 is 1.46. The van der Waals surface area contributed by atoms with Gasteiger partial charge in [0.15, 0.2) is 5.13 Å². The van der Waals surface area contributed by atoms with Crippen molar-refractivity contribution in [3.63, 3.8) is 0 Å². The van der Waals surface area contributed by atoms with Crippen LogP contribution in [-0.4, -0.2) is 77.1 Å². The minimum absolute atomic E-state index is 0.0354. The van der Waals surface area contributed by atoms with Crippen molar-refractivity contribution in [3.05, 3.63) is 41.2 Å². The van der Waals surface area contributed by atoms with Gasteiger partial charge >= 0.3 is 0 Å². The first-order valence-electron chi connectivity index (χ1n) is 12.1. The van der Waals surface area contributed by atoms with E-state index in [1.807, 2.05) is 30.8 Å². The number of ether oxygens (including phenoxy) is 2. The fraction of sp³-hybridized carbons (Fsp3) is 0.480. The average Bonchev–Trinajstić information content (AvgIpc) is 3.49. The van der Waals surface area contributed by atoms with Crippen LogP contribution in [0.5, 0.6) is 5.75 Å². The molecule has 0 atom stereocenters. The van der Waals surface area contributed by atoms with E-state index < -0.39 is 0 Å². The second-order valence-corrected chi connectivity index (χ2v) is 10.9. The highest BCUT2D eigenvalue weighted by Gasteiger charge is 2.34. The summed E-state index contributed by atoms with van der Waals surface area (Å²) in [4.78, 5) is 22.8. The molecule has 35 heavy (non-hydrogen) atoms. The molecule has 1 fully saturated rings. The molecule has 3 aromatic rings. The number of amides is 1. The highest BCUT2D eigenvalue weighted by molar-refractivity contribution is 7.17. The van der Waals surface area contributed by atoms with Gasteiger partial charge in [0.1, 0.15) is 17.2 Å². The van der Waals surface area contributed by atoms with Gasteiger partial charge in [-0.15, -0.1) is 0 Å². The van der Waals surface area contributed by atoms with E-state index in [1.165, 1.54) is 11.3 Å². The Labute approximate surface area is 208 Å². The van der Waals surface area contributed by atoms with Crippen LogP contribution in [0.2, 0.25) is 0 Å². The minimum Gasteiger partial charge on any atom is -0.490 e. The van der Waals surface area contributed by atoms with Gasteiger partial charge in [0.05, 0.1) is 43.9 Å². The molecular weight excluding hydrogens is 464 g/mol. The van der Waals surface area contributed by atoms with Crippen LogP contribution in [0.15, 0.2) is 30.6 Å². The van der Waals surface area contributed by atoms with Crippen molar-refractivity contribution in [1.82, 2.24) is 25.0 Å². The van der Waals surface area contributed by atoms with Crippen LogP contribution >= 0.6 is 11.3 Å². The number of hydrogen-bond acceptors (Lipinski definition) is 8. The number of morpholine rings is 1. The van der Waals surface area contributed by atoms with Crippen LogP contribution in [0.1, 0.15) is 29.2 Å². The topological polar surface area (TPSA) is 84.8 Å². The second-order valence-electron chi connectivity index (χ2n) is 9.92. The molecule has 9 nitrogen and oxygen atoms in total. The molecule has 0 radical (unpaired) electrons. The smallest absolute Gasteiger partial charge is 0.263 e. The van der Waals surface area contributed by atoms with E-state index in [0.717, 1.165) is 79.2 Å². The second kappa shape index (κ2) is 8.92. The zero-order valence-electron chi connectivity index (χ0n) is 20.1. The van der Waals surface area contributed by atoms with Crippen molar-refractivity contribution < 1.29 is 14.3 Å². The number of anilines is 2. The third-order valence-electron chi connectivity index (χ3n) is 6.72. The number of rotatable bonds is 5. The molecule has 0 saturated carbocycles. The lowest BCUT2D eigenvalue weighted by molar-refractivity contribution is 0.0360. The molecule has 6 rings (SSSR count). The summed E-state index contributed by atoms with van der Waals surface area (Å²) in [5, 5.41) is 8.51. The first kappa shape index (κ1) is 22.5. The quantitative estimate of drug-likeness (QED) is 0.584. The standard InChI is InChI=1S/C25H30N6O3S/c1-25(2)14-19-22(23(32)28-25)35-24(27-19)31-9-12-34-21-4-3-17(13-20(21)31)18-15-26-30(16-18)6-5-29-7-10-33-11-8-29/h3-4,13,15-16H,5-12,14H2,1-2H3,(H,28,32). The average molecular weight is 495 g/mol. The molecular formula is C25H30N6O3S. The van der Waals surface area contributed by atoms with Gasteiger partial charge < -0.3 is 19.7 Å². The summed E-state index contributed by atoms with van der Waals surface area (Å²) in [6.45, 7) is 10.7. The maximum Gasteiger partial charge on any atom is 0.263 e. The molecule has 1 saturated heterocycles. The van der Waals surface area contributed by atoms with E-state index >= 15 is 0 Å². The van der Waals surface area contributed by atoms with Crippen molar-refractivity contribution in [3.8, 4) is 16.9 Å². The first-order valence-corrected chi connectivity index (χ1v) is 13.0. The van der Waals surface area contributed by atoms with Crippen LogP contribution in [0.4, 0.5) is 10.8 Å². The number of aromatic nitrogens is 3. The lowest BCUT2D eigenvalue weighted by atomic mass is 9.94. The van der Waals surface area contributed by atoms with E-state index in [2.05, 4.69) is 38.5 Å². The molecule has 184 valence electrons. The number of nitrogens with zero attached hydrogens (tertiary/aromatic N) is 5. The van der Waals surface area contributed by atoms with E-state index in [-0.39, 0.29) is 11.4 Å². The summed E-state index contributed by atoms with van der Waals surface area (Å²) in [7, 11) is 0. The molecule has 10 heteroatoms. The minimum atomic E-state index is -0.284. The summed E-state index contributed by atoms with van der Waals surface area (Å²) in [5.41, 5.74) is 3.72. The third kappa shape index (κ3) is 4.53. The molecule has 0 spiro atoms. The molecule has 1 N–H and O–H groups in total. The Kier molecular flexibility index (Phi) is 5.74. The third-order valence-corrected chi connectivity index (χ3v) is 7.84. The first-order chi connectivity index (χ1) is 16.9. The lowest BCUT2D eigenvalue weighted by Gasteiger charge is -2.29. The van der Waals surface area contributed by atoms with Gasteiger partial charge in [0, 0.05) is 43.4 Å². The van der Waals surface area contributed by atoms with Gasteiger partial charge in [-0.3, -0.25) is 14.4 Å². The largest absolute Gasteiger partial charge is 0.490 e. The predicted molar refractivity (Wildman–Crippen MR) is 135 cm³/mol. The molecule has 3 aliphatic rings. The van der Waals surface area contributed by atoms with Crippen LogP contribution < -0.4 is 15.0 Å². The molecule has 0 bridgehead atoms. The van der Waals surface area contributed by atoms with Gasteiger partial charge in [0.2, 0.25) is 0 Å². The zero-order chi connectivity index (χ0) is 24.0. The SMILES string of the molecule is CC1(C)Cc2nc(N3CCOc4ccc(-c5cnn(CCN6CCOCC6)c5)cc43)sc2C(=O)N1. The molecule has 5 heterocycles. The van der Waals surface area contributed by atoms with Crippen molar-refractivity contribution >= 4 is 28.1 Å². The van der Waals surface area contributed by atoms with Crippen LogP contribution in [-0.2, 0) is 17.7 Å². The number of nitrogens with one attached hydrogen (secondary N) is 1. The summed E-state index contributed by atoms with van der Waals surface area (Å²) in [6, 6.07) is 6.24. The molecule has 3 aliphatic heterocycles. The maximum atomic E-state index is 12.6. The van der Waals surface area contributed by atoms with Crippen LogP contribution in [0, 0.1) is 0 Å². The summed E-state index contributed by atoms with van der Waals surface area (Å²) in [5.74, 6) is 0.796. The van der Waals surface area contributed by atoms with E-state index in [0.29, 0.717) is 18.0 Å². The Balaban J connectivity index is 1.24. The van der Waals surface area contributed by atoms with E-state index in [9.17, 15) is 4.79 Å². The number of benzene rings is 1. The molecule has 1 aromatic carbocycles. The number of fused-ring (bicyclic) bond motifs is 2. The van der Waals surface area contributed by atoms with Crippen molar-refractivity contribution in [1.29, 1.82) is 0 Å². The number of hydrogen-bond donors (Lipinski definition) is 1. The van der Waals surface area contributed by atoms with Crippen molar-refractivity contribution in [2.24, 2.45) is 0 Å².